The summed E-state index contributed by atoms with van der Waals surface area (Å²) in [7, 11) is 3.13. The normalized spacial score (nSPS) is 21.8. The second-order valence-electron chi connectivity index (χ2n) is 4.80. The molecule has 0 spiro atoms. The molecule has 0 N–H and O–H groups in total. The molecule has 0 bridgehead atoms. The predicted molar refractivity (Wildman–Crippen MR) is 84.5 cm³/mol. The first-order chi connectivity index (χ1) is 10.4. The molecule has 2 rings (SSSR count). The van der Waals surface area contributed by atoms with Crippen molar-refractivity contribution in [2.24, 2.45) is 0 Å². The second kappa shape index (κ2) is 6.55. The molecule has 0 amide bonds. The van der Waals surface area contributed by atoms with Crippen LogP contribution in [-0.2, 0) is 0 Å². The lowest BCUT2D eigenvalue weighted by atomic mass is 10.2. The topological polar surface area (TPSA) is 54.7 Å². The van der Waals surface area contributed by atoms with Gasteiger partial charge in [0.2, 0.25) is 0 Å². The molecule has 1 aromatic rings. The lowest BCUT2D eigenvalue weighted by Crippen LogP contribution is -2.37. The number of hydrogen-bond donors (Lipinski definition) is 0. The Hall–Kier alpha value is -1.77. The van der Waals surface area contributed by atoms with Crippen molar-refractivity contribution in [2.45, 2.75) is 18.0 Å². The summed E-state index contributed by atoms with van der Waals surface area (Å²) in [6.45, 7) is 2.11. The summed E-state index contributed by atoms with van der Waals surface area (Å²) in [5.74, 6) is 1.81. The zero-order valence-corrected chi connectivity index (χ0v) is 14.0. The van der Waals surface area contributed by atoms with Gasteiger partial charge in [-0.25, -0.2) is 0 Å². The van der Waals surface area contributed by atoms with E-state index in [1.54, 1.807) is 43.5 Å². The second-order valence-corrected chi connectivity index (χ2v) is 5.85. The van der Waals surface area contributed by atoms with Crippen LogP contribution in [0.4, 0.5) is 0 Å². The van der Waals surface area contributed by atoms with Crippen LogP contribution in [-0.4, -0.2) is 36.8 Å². The summed E-state index contributed by atoms with van der Waals surface area (Å²) < 4.78 is 16.3. The van der Waals surface area contributed by atoms with Crippen molar-refractivity contribution in [3.05, 3.63) is 29.4 Å². The van der Waals surface area contributed by atoms with Crippen molar-refractivity contribution in [1.82, 2.24) is 4.90 Å². The maximum atomic E-state index is 9.11. The zero-order chi connectivity index (χ0) is 16.3. The zero-order valence-electron chi connectivity index (χ0n) is 12.5. The van der Waals surface area contributed by atoms with Crippen LogP contribution in [0.25, 0.3) is 0 Å². The SMILES string of the molecule is COc1ccc(OC(C)N2C=C(Cl)C(Cl)(C#N)C2)cc1OC. The van der Waals surface area contributed by atoms with Gasteiger partial charge in [0.25, 0.3) is 0 Å². The highest BCUT2D eigenvalue weighted by molar-refractivity contribution is 6.41. The van der Waals surface area contributed by atoms with Crippen molar-refractivity contribution >= 4 is 23.2 Å². The molecule has 2 unspecified atom stereocenters. The van der Waals surface area contributed by atoms with Gasteiger partial charge in [-0.1, -0.05) is 23.2 Å². The Labute approximate surface area is 139 Å². The molecule has 1 aromatic carbocycles. The Morgan fingerprint density at radius 2 is 2.00 bits per heavy atom. The average molecular weight is 343 g/mol. The first-order valence-electron chi connectivity index (χ1n) is 6.56. The van der Waals surface area contributed by atoms with Gasteiger partial charge < -0.3 is 19.1 Å². The third-order valence-electron chi connectivity index (χ3n) is 3.36. The van der Waals surface area contributed by atoms with E-state index < -0.39 is 4.87 Å². The van der Waals surface area contributed by atoms with Gasteiger partial charge in [-0.3, -0.25) is 0 Å². The van der Waals surface area contributed by atoms with E-state index in [-0.39, 0.29) is 12.8 Å². The van der Waals surface area contributed by atoms with E-state index in [1.165, 1.54) is 0 Å². The molecule has 1 aliphatic heterocycles. The molecule has 22 heavy (non-hydrogen) atoms. The summed E-state index contributed by atoms with van der Waals surface area (Å²) >= 11 is 12.2. The highest BCUT2D eigenvalue weighted by Gasteiger charge is 2.40. The molecule has 1 heterocycles. The largest absolute Gasteiger partial charge is 0.493 e. The van der Waals surface area contributed by atoms with Gasteiger partial charge in [-0.05, 0) is 19.1 Å². The molecule has 1 aliphatic rings. The number of rotatable bonds is 5. The van der Waals surface area contributed by atoms with E-state index >= 15 is 0 Å². The Balaban J connectivity index is 2.11. The third kappa shape index (κ3) is 3.18. The quantitative estimate of drug-likeness (QED) is 0.768. The molecule has 7 heteroatoms. The fraction of sp³-hybridized carbons (Fsp3) is 0.400. The van der Waals surface area contributed by atoms with Crippen molar-refractivity contribution in [1.29, 1.82) is 5.26 Å². The Bertz CT molecular complexity index is 630. The standard InChI is InChI=1S/C15H16Cl2N2O3/c1-10(19-7-14(16)15(17,8-18)9-19)22-11-4-5-12(20-2)13(6-11)21-3/h4-7,10H,9H2,1-3H3. The minimum atomic E-state index is -1.21. The van der Waals surface area contributed by atoms with E-state index in [9.17, 15) is 0 Å². The van der Waals surface area contributed by atoms with Gasteiger partial charge in [-0.2, -0.15) is 5.26 Å². The molecule has 0 saturated heterocycles. The van der Waals surface area contributed by atoms with Crippen LogP contribution >= 0.6 is 23.2 Å². The number of halogens is 2. The van der Waals surface area contributed by atoms with Gasteiger partial charge in [0.1, 0.15) is 5.75 Å². The van der Waals surface area contributed by atoms with Crippen molar-refractivity contribution < 1.29 is 14.2 Å². The van der Waals surface area contributed by atoms with Crippen molar-refractivity contribution in [3.8, 4) is 23.3 Å². The fourth-order valence-corrected chi connectivity index (χ4v) is 2.51. The minimum Gasteiger partial charge on any atom is -0.493 e. The molecule has 118 valence electrons. The van der Waals surface area contributed by atoms with Crippen LogP contribution in [0.5, 0.6) is 17.2 Å². The molecule has 0 aromatic heterocycles. The lowest BCUT2D eigenvalue weighted by Gasteiger charge is -2.26. The molecule has 2 atom stereocenters. The number of benzene rings is 1. The van der Waals surface area contributed by atoms with E-state index in [2.05, 4.69) is 0 Å². The summed E-state index contributed by atoms with van der Waals surface area (Å²) in [5, 5.41) is 9.40. The van der Waals surface area contributed by atoms with E-state index in [0.717, 1.165) is 0 Å². The maximum Gasteiger partial charge on any atom is 0.185 e. The molecule has 5 nitrogen and oxygen atoms in total. The summed E-state index contributed by atoms with van der Waals surface area (Å²) in [6.07, 6.45) is 1.28. The van der Waals surface area contributed by atoms with Gasteiger partial charge in [-0.15, -0.1) is 0 Å². The monoisotopic (exact) mass is 342 g/mol. The Morgan fingerprint density at radius 3 is 2.55 bits per heavy atom. The minimum absolute atomic E-state index is 0.262. The molecule has 0 aliphatic carbocycles. The number of ether oxygens (including phenoxy) is 3. The summed E-state index contributed by atoms with van der Waals surface area (Å²) in [6, 6.07) is 7.27. The summed E-state index contributed by atoms with van der Waals surface area (Å²) in [5.41, 5.74) is 0. The van der Waals surface area contributed by atoms with E-state index in [4.69, 9.17) is 42.7 Å². The van der Waals surface area contributed by atoms with Crippen LogP contribution < -0.4 is 14.2 Å². The van der Waals surface area contributed by atoms with Crippen LogP contribution in [0.15, 0.2) is 29.4 Å². The van der Waals surface area contributed by atoms with Crippen molar-refractivity contribution in [3.63, 3.8) is 0 Å². The number of methoxy groups -OCH3 is 2. The smallest absolute Gasteiger partial charge is 0.185 e. The predicted octanol–water partition coefficient (Wildman–Crippen LogP) is 3.33. The molecule has 0 saturated carbocycles. The number of nitriles is 1. The first kappa shape index (κ1) is 16.6. The number of alkyl halides is 1. The van der Waals surface area contributed by atoms with Crippen LogP contribution in [0, 0.1) is 11.3 Å². The van der Waals surface area contributed by atoms with Crippen LogP contribution in [0.1, 0.15) is 6.92 Å². The molecule has 0 radical (unpaired) electrons. The molecular formula is C15H16Cl2N2O3. The van der Waals surface area contributed by atoms with Crippen LogP contribution in [0.3, 0.4) is 0 Å². The van der Waals surface area contributed by atoms with Crippen molar-refractivity contribution in [2.75, 3.05) is 20.8 Å². The van der Waals surface area contributed by atoms with Gasteiger partial charge >= 0.3 is 0 Å². The Kier molecular flexibility index (Phi) is 4.94. The number of hydrogen-bond acceptors (Lipinski definition) is 5. The first-order valence-corrected chi connectivity index (χ1v) is 7.31. The fourth-order valence-electron chi connectivity index (χ4n) is 2.10. The number of nitrogens with zero attached hydrogens (tertiary/aromatic N) is 2. The third-order valence-corrected chi connectivity index (χ3v) is 4.29. The highest BCUT2D eigenvalue weighted by Crippen LogP contribution is 2.36. The van der Waals surface area contributed by atoms with Gasteiger partial charge in [0.05, 0.1) is 31.9 Å². The molecular weight excluding hydrogens is 327 g/mol. The van der Waals surface area contributed by atoms with E-state index in [1.807, 2.05) is 13.0 Å². The summed E-state index contributed by atoms with van der Waals surface area (Å²) in [4.78, 5) is 0.562. The van der Waals surface area contributed by atoms with Crippen LogP contribution in [0.2, 0.25) is 0 Å². The average Bonchev–Trinajstić information content (AvgIpc) is 2.83. The Morgan fingerprint density at radius 1 is 1.32 bits per heavy atom. The maximum absolute atomic E-state index is 9.11. The molecule has 0 fully saturated rings. The van der Waals surface area contributed by atoms with Gasteiger partial charge in [0, 0.05) is 12.3 Å². The highest BCUT2D eigenvalue weighted by atomic mass is 35.5. The van der Waals surface area contributed by atoms with E-state index in [0.29, 0.717) is 22.3 Å². The lowest BCUT2D eigenvalue weighted by molar-refractivity contribution is 0.0827. The van der Waals surface area contributed by atoms with Gasteiger partial charge in [0.15, 0.2) is 22.6 Å².